The van der Waals surface area contributed by atoms with Gasteiger partial charge in [-0.2, -0.15) is 0 Å². The number of rotatable bonds is 4. The maximum atomic E-state index is 12.2. The predicted molar refractivity (Wildman–Crippen MR) is 92.9 cm³/mol. The molecule has 0 N–H and O–H groups in total. The Morgan fingerprint density at radius 2 is 1.58 bits per heavy atom. The van der Waals surface area contributed by atoms with Crippen LogP contribution in [0.15, 0.2) is 83.5 Å². The van der Waals surface area contributed by atoms with E-state index in [1.54, 1.807) is 24.3 Å². The van der Waals surface area contributed by atoms with Crippen molar-refractivity contribution in [2.24, 2.45) is 0 Å². The van der Waals surface area contributed by atoms with Crippen LogP contribution < -0.4 is 0 Å². The molecule has 4 heteroatoms. The Bertz CT molecular complexity index is 762. The first-order valence-corrected chi connectivity index (χ1v) is 7.37. The highest BCUT2D eigenvalue weighted by molar-refractivity contribution is 6.06. The molecule has 4 nitrogen and oxygen atoms in total. The summed E-state index contributed by atoms with van der Waals surface area (Å²) in [5, 5.41) is 0. The number of benzene rings is 1. The Kier molecular flexibility index (Phi) is 6.08. The van der Waals surface area contributed by atoms with Gasteiger partial charge in [0.05, 0.1) is 25.4 Å². The van der Waals surface area contributed by atoms with Gasteiger partial charge in [0.1, 0.15) is 0 Å². The molecule has 0 fully saturated rings. The lowest BCUT2D eigenvalue weighted by atomic mass is 9.99. The SMILES string of the molecule is COC(=O)C1=C(C(=O)OC)/C(=C/C=C/c2ccccc2)C=CC=C1. The molecule has 0 aromatic heterocycles. The quantitative estimate of drug-likeness (QED) is 0.797. The van der Waals surface area contributed by atoms with E-state index >= 15 is 0 Å². The molecule has 1 aromatic carbocycles. The zero-order valence-electron chi connectivity index (χ0n) is 13.6. The van der Waals surface area contributed by atoms with E-state index in [9.17, 15) is 9.59 Å². The van der Waals surface area contributed by atoms with Crippen LogP contribution in [0.1, 0.15) is 5.56 Å². The molecule has 122 valence electrons. The van der Waals surface area contributed by atoms with Crippen LogP contribution in [0.4, 0.5) is 0 Å². The van der Waals surface area contributed by atoms with Crippen molar-refractivity contribution in [1.29, 1.82) is 0 Å². The highest BCUT2D eigenvalue weighted by Gasteiger charge is 2.23. The summed E-state index contributed by atoms with van der Waals surface area (Å²) in [4.78, 5) is 24.2. The van der Waals surface area contributed by atoms with Gasteiger partial charge in [-0.3, -0.25) is 0 Å². The van der Waals surface area contributed by atoms with E-state index in [2.05, 4.69) is 0 Å². The van der Waals surface area contributed by atoms with Crippen molar-refractivity contribution in [3.63, 3.8) is 0 Å². The van der Waals surface area contributed by atoms with Gasteiger partial charge >= 0.3 is 11.9 Å². The second-order valence-electron chi connectivity index (χ2n) is 4.88. The standard InChI is InChI=1S/C20H18O4/c1-23-19(21)17-14-7-6-12-16(18(17)20(22)24-2)13-8-11-15-9-4-3-5-10-15/h3-14H,1-2H3/b11-8+,16-13+. The molecular weight excluding hydrogens is 304 g/mol. The summed E-state index contributed by atoms with van der Waals surface area (Å²) in [6.07, 6.45) is 12.2. The summed E-state index contributed by atoms with van der Waals surface area (Å²) < 4.78 is 9.59. The number of allylic oxidation sites excluding steroid dienone is 5. The van der Waals surface area contributed by atoms with Crippen LogP contribution in [0.5, 0.6) is 0 Å². The molecule has 0 radical (unpaired) electrons. The first-order chi connectivity index (χ1) is 11.7. The zero-order chi connectivity index (χ0) is 17.4. The van der Waals surface area contributed by atoms with Crippen molar-refractivity contribution >= 4 is 18.0 Å². The lowest BCUT2D eigenvalue weighted by Gasteiger charge is -2.09. The molecule has 1 aliphatic rings. The van der Waals surface area contributed by atoms with E-state index in [0.717, 1.165) is 5.56 Å². The third kappa shape index (κ3) is 4.20. The molecule has 2 rings (SSSR count). The molecule has 24 heavy (non-hydrogen) atoms. The topological polar surface area (TPSA) is 52.6 Å². The lowest BCUT2D eigenvalue weighted by molar-refractivity contribution is -0.138. The fraction of sp³-hybridized carbons (Fsp3) is 0.100. The normalized spacial score (nSPS) is 15.7. The van der Waals surface area contributed by atoms with Gasteiger partial charge in [0, 0.05) is 0 Å². The molecule has 0 saturated heterocycles. The average Bonchev–Trinajstić information content (AvgIpc) is 2.84. The smallest absolute Gasteiger partial charge is 0.339 e. The van der Waals surface area contributed by atoms with Gasteiger partial charge in [-0.1, -0.05) is 66.8 Å². The van der Waals surface area contributed by atoms with Crippen molar-refractivity contribution in [3.8, 4) is 0 Å². The fourth-order valence-electron chi connectivity index (χ4n) is 2.21. The van der Waals surface area contributed by atoms with E-state index in [1.807, 2.05) is 42.5 Å². The maximum absolute atomic E-state index is 12.2. The van der Waals surface area contributed by atoms with E-state index in [0.29, 0.717) is 5.57 Å². The van der Waals surface area contributed by atoms with Crippen LogP contribution in [0.25, 0.3) is 6.08 Å². The minimum atomic E-state index is -0.592. The summed E-state index contributed by atoms with van der Waals surface area (Å²) >= 11 is 0. The van der Waals surface area contributed by atoms with Gasteiger partial charge in [-0.05, 0) is 17.2 Å². The first kappa shape index (κ1) is 17.2. The van der Waals surface area contributed by atoms with Crippen LogP contribution in [0.2, 0.25) is 0 Å². The van der Waals surface area contributed by atoms with Gasteiger partial charge in [0.2, 0.25) is 0 Å². The number of carbonyl (C=O) groups is 2. The molecule has 0 atom stereocenters. The average molecular weight is 322 g/mol. The number of hydrogen-bond donors (Lipinski definition) is 0. The summed E-state index contributed by atoms with van der Waals surface area (Å²) in [6, 6.07) is 9.76. The zero-order valence-corrected chi connectivity index (χ0v) is 13.6. The van der Waals surface area contributed by atoms with Gasteiger partial charge < -0.3 is 9.47 Å². The van der Waals surface area contributed by atoms with Crippen LogP contribution in [-0.2, 0) is 19.1 Å². The Balaban J connectivity index is 2.45. The molecule has 0 heterocycles. The molecule has 0 saturated carbocycles. The van der Waals surface area contributed by atoms with Crippen molar-refractivity contribution in [2.45, 2.75) is 0 Å². The Morgan fingerprint density at radius 3 is 2.25 bits per heavy atom. The van der Waals surface area contributed by atoms with E-state index in [-0.39, 0.29) is 11.1 Å². The Morgan fingerprint density at radius 1 is 0.917 bits per heavy atom. The summed E-state index contributed by atoms with van der Waals surface area (Å²) in [6.45, 7) is 0. The Hall–Kier alpha value is -3.14. The molecule has 0 amide bonds. The van der Waals surface area contributed by atoms with Crippen molar-refractivity contribution in [1.82, 2.24) is 0 Å². The van der Waals surface area contributed by atoms with Crippen LogP contribution >= 0.6 is 0 Å². The fourth-order valence-corrected chi connectivity index (χ4v) is 2.21. The third-order valence-electron chi connectivity index (χ3n) is 3.37. The molecule has 0 aliphatic heterocycles. The number of hydrogen-bond acceptors (Lipinski definition) is 4. The summed E-state index contributed by atoms with van der Waals surface area (Å²) in [5.41, 5.74) is 1.93. The molecule has 1 aliphatic carbocycles. The van der Waals surface area contributed by atoms with Crippen LogP contribution in [0, 0.1) is 0 Å². The van der Waals surface area contributed by atoms with Crippen LogP contribution in [0.3, 0.4) is 0 Å². The second-order valence-corrected chi connectivity index (χ2v) is 4.88. The summed E-state index contributed by atoms with van der Waals surface area (Å²) in [7, 11) is 2.55. The summed E-state index contributed by atoms with van der Waals surface area (Å²) in [5.74, 6) is -1.18. The van der Waals surface area contributed by atoms with Crippen molar-refractivity contribution in [2.75, 3.05) is 14.2 Å². The predicted octanol–water partition coefficient (Wildman–Crippen LogP) is 3.39. The third-order valence-corrected chi connectivity index (χ3v) is 3.37. The number of methoxy groups -OCH3 is 2. The molecule has 0 bridgehead atoms. The maximum Gasteiger partial charge on any atom is 0.339 e. The number of ether oxygens (including phenoxy) is 2. The minimum Gasteiger partial charge on any atom is -0.465 e. The second kappa shape index (κ2) is 8.48. The van der Waals surface area contributed by atoms with Crippen LogP contribution in [-0.4, -0.2) is 26.2 Å². The van der Waals surface area contributed by atoms with Gasteiger partial charge in [-0.25, -0.2) is 9.59 Å². The lowest BCUT2D eigenvalue weighted by Crippen LogP contribution is -2.14. The monoisotopic (exact) mass is 322 g/mol. The number of carbonyl (C=O) groups excluding carboxylic acids is 2. The highest BCUT2D eigenvalue weighted by Crippen LogP contribution is 2.23. The Labute approximate surface area is 141 Å². The van der Waals surface area contributed by atoms with Crippen molar-refractivity contribution < 1.29 is 19.1 Å². The first-order valence-electron chi connectivity index (χ1n) is 7.37. The molecule has 1 aromatic rings. The van der Waals surface area contributed by atoms with Gasteiger partial charge in [0.25, 0.3) is 0 Å². The van der Waals surface area contributed by atoms with E-state index < -0.39 is 11.9 Å². The van der Waals surface area contributed by atoms with Gasteiger partial charge in [-0.15, -0.1) is 0 Å². The molecule has 0 spiro atoms. The molecule has 0 unspecified atom stereocenters. The minimum absolute atomic E-state index is 0.161. The largest absolute Gasteiger partial charge is 0.465 e. The van der Waals surface area contributed by atoms with E-state index in [1.165, 1.54) is 20.3 Å². The van der Waals surface area contributed by atoms with Crippen molar-refractivity contribution in [3.05, 3.63) is 89.1 Å². The van der Waals surface area contributed by atoms with Gasteiger partial charge in [0.15, 0.2) is 0 Å². The molecular formula is C20H18O4. The number of esters is 2. The van der Waals surface area contributed by atoms with E-state index in [4.69, 9.17) is 9.47 Å². The highest BCUT2D eigenvalue weighted by atomic mass is 16.5.